The lowest BCUT2D eigenvalue weighted by atomic mass is 10.1. The summed E-state index contributed by atoms with van der Waals surface area (Å²) in [5.74, 6) is 6.51. The highest BCUT2D eigenvalue weighted by Gasteiger charge is 2.16. The Labute approximate surface area is 126 Å². The first-order valence-electron chi connectivity index (χ1n) is 6.79. The van der Waals surface area contributed by atoms with Crippen LogP contribution in [0.3, 0.4) is 0 Å². The molecule has 0 saturated carbocycles. The topological polar surface area (TPSA) is 105 Å². The first-order valence-corrected chi connectivity index (χ1v) is 7.67. The van der Waals surface area contributed by atoms with Gasteiger partial charge in [0.05, 0.1) is 17.6 Å². The van der Waals surface area contributed by atoms with Crippen molar-refractivity contribution in [1.82, 2.24) is 20.2 Å². The van der Waals surface area contributed by atoms with E-state index in [4.69, 9.17) is 5.84 Å². The molecule has 0 radical (unpaired) electrons. The maximum absolute atomic E-state index is 5.43. The number of nitrogen functional groups attached to an aromatic ring is 1. The summed E-state index contributed by atoms with van der Waals surface area (Å²) < 4.78 is 0. The van der Waals surface area contributed by atoms with E-state index >= 15 is 0 Å². The van der Waals surface area contributed by atoms with E-state index in [1.54, 1.807) is 17.5 Å². The molecule has 3 heterocycles. The number of aromatic amines is 1. The maximum atomic E-state index is 5.43. The Balaban J connectivity index is 1.97. The lowest BCUT2D eigenvalue weighted by Crippen LogP contribution is -2.14. The standard InChI is InChI=1S/C13H17N7S/c1-2-4-9(10-5-3-6-21-10)16-11-8-7-15-20-12(8)18-13(17-11)19-14/h3,5-7,9H,2,4,14H2,1H3,(H3,15,16,17,18,19,20). The zero-order valence-corrected chi connectivity index (χ0v) is 12.4. The molecule has 1 unspecified atom stereocenters. The fraction of sp³-hybridized carbons (Fsp3) is 0.308. The zero-order chi connectivity index (χ0) is 14.7. The van der Waals surface area contributed by atoms with Crippen LogP contribution in [-0.4, -0.2) is 20.2 Å². The summed E-state index contributed by atoms with van der Waals surface area (Å²) in [6.07, 6.45) is 3.82. The van der Waals surface area contributed by atoms with Crippen LogP contribution in [0.25, 0.3) is 11.0 Å². The number of nitrogens with one attached hydrogen (secondary N) is 3. The minimum absolute atomic E-state index is 0.216. The summed E-state index contributed by atoms with van der Waals surface area (Å²) in [6.45, 7) is 2.17. The third kappa shape index (κ3) is 2.81. The monoisotopic (exact) mass is 303 g/mol. The van der Waals surface area contributed by atoms with Gasteiger partial charge in [-0.2, -0.15) is 15.1 Å². The van der Waals surface area contributed by atoms with Gasteiger partial charge in [-0.3, -0.25) is 10.5 Å². The van der Waals surface area contributed by atoms with E-state index in [0.29, 0.717) is 11.6 Å². The number of hydrogen-bond donors (Lipinski definition) is 4. The quantitative estimate of drug-likeness (QED) is 0.412. The highest BCUT2D eigenvalue weighted by Crippen LogP contribution is 2.29. The predicted octanol–water partition coefficient (Wildman–Crippen LogP) is 2.65. The number of rotatable bonds is 6. The van der Waals surface area contributed by atoms with Gasteiger partial charge < -0.3 is 5.32 Å². The average Bonchev–Trinajstić information content (AvgIpc) is 3.17. The minimum Gasteiger partial charge on any atom is -0.362 e. The molecule has 0 aliphatic rings. The van der Waals surface area contributed by atoms with Gasteiger partial charge in [-0.25, -0.2) is 5.84 Å². The van der Waals surface area contributed by atoms with Crippen molar-refractivity contribution in [3.63, 3.8) is 0 Å². The molecular formula is C13H17N7S. The fourth-order valence-electron chi connectivity index (χ4n) is 2.24. The second-order valence-corrected chi connectivity index (χ2v) is 5.65. The molecule has 3 aromatic heterocycles. The van der Waals surface area contributed by atoms with Gasteiger partial charge in [0.2, 0.25) is 5.95 Å². The number of hydrogen-bond acceptors (Lipinski definition) is 7. The number of fused-ring (bicyclic) bond motifs is 1. The molecular weight excluding hydrogens is 286 g/mol. The van der Waals surface area contributed by atoms with Crippen LogP contribution in [0.1, 0.15) is 30.7 Å². The number of anilines is 2. The van der Waals surface area contributed by atoms with E-state index in [1.807, 2.05) is 0 Å². The summed E-state index contributed by atoms with van der Waals surface area (Å²) in [5.41, 5.74) is 3.14. The molecule has 110 valence electrons. The van der Waals surface area contributed by atoms with Crippen molar-refractivity contribution < 1.29 is 0 Å². The van der Waals surface area contributed by atoms with Crippen molar-refractivity contribution in [3.05, 3.63) is 28.6 Å². The number of aromatic nitrogens is 4. The van der Waals surface area contributed by atoms with Crippen molar-refractivity contribution in [2.45, 2.75) is 25.8 Å². The lowest BCUT2D eigenvalue weighted by Gasteiger charge is -2.18. The van der Waals surface area contributed by atoms with E-state index in [0.717, 1.165) is 24.0 Å². The first-order chi connectivity index (χ1) is 10.3. The molecule has 0 saturated heterocycles. The normalized spacial score (nSPS) is 12.5. The van der Waals surface area contributed by atoms with Crippen LogP contribution in [0.15, 0.2) is 23.7 Å². The van der Waals surface area contributed by atoms with Crippen LogP contribution in [-0.2, 0) is 0 Å². The highest BCUT2D eigenvalue weighted by molar-refractivity contribution is 7.10. The summed E-state index contributed by atoms with van der Waals surface area (Å²) in [6, 6.07) is 4.41. The van der Waals surface area contributed by atoms with Gasteiger partial charge in [-0.1, -0.05) is 19.4 Å². The number of hydrazine groups is 1. The van der Waals surface area contributed by atoms with Gasteiger partial charge in [0.1, 0.15) is 5.82 Å². The fourth-order valence-corrected chi connectivity index (χ4v) is 3.05. The smallest absolute Gasteiger partial charge is 0.241 e. The number of nitrogens with zero attached hydrogens (tertiary/aromatic N) is 3. The maximum Gasteiger partial charge on any atom is 0.241 e. The van der Waals surface area contributed by atoms with E-state index in [-0.39, 0.29) is 6.04 Å². The Hall–Kier alpha value is -2.19. The molecule has 3 rings (SSSR count). The van der Waals surface area contributed by atoms with E-state index in [2.05, 4.69) is 55.3 Å². The molecule has 0 spiro atoms. The molecule has 3 aromatic rings. The van der Waals surface area contributed by atoms with Crippen molar-refractivity contribution in [2.75, 3.05) is 10.7 Å². The molecule has 1 atom stereocenters. The van der Waals surface area contributed by atoms with Crippen LogP contribution in [0.4, 0.5) is 11.8 Å². The van der Waals surface area contributed by atoms with Gasteiger partial charge >= 0.3 is 0 Å². The SMILES string of the molecule is CCCC(Nc1nc(NN)nc2[nH]ncc12)c1cccs1. The Morgan fingerprint density at radius 1 is 1.43 bits per heavy atom. The Morgan fingerprint density at radius 3 is 3.05 bits per heavy atom. The first kappa shape index (κ1) is 13.8. The third-order valence-electron chi connectivity index (χ3n) is 3.21. The van der Waals surface area contributed by atoms with Gasteiger partial charge in [0, 0.05) is 4.88 Å². The van der Waals surface area contributed by atoms with Crippen LogP contribution in [0.2, 0.25) is 0 Å². The highest BCUT2D eigenvalue weighted by atomic mass is 32.1. The molecule has 0 aromatic carbocycles. The third-order valence-corrected chi connectivity index (χ3v) is 4.20. The minimum atomic E-state index is 0.216. The van der Waals surface area contributed by atoms with Crippen LogP contribution < -0.4 is 16.6 Å². The molecule has 0 amide bonds. The van der Waals surface area contributed by atoms with Crippen molar-refractivity contribution in [1.29, 1.82) is 0 Å². The van der Waals surface area contributed by atoms with Crippen molar-refractivity contribution in [3.8, 4) is 0 Å². The van der Waals surface area contributed by atoms with Crippen LogP contribution >= 0.6 is 11.3 Å². The Morgan fingerprint density at radius 2 is 2.33 bits per heavy atom. The summed E-state index contributed by atoms with van der Waals surface area (Å²) >= 11 is 1.74. The number of H-pyrrole nitrogens is 1. The van der Waals surface area contributed by atoms with Gasteiger partial charge in [-0.15, -0.1) is 11.3 Å². The van der Waals surface area contributed by atoms with Crippen molar-refractivity contribution in [2.24, 2.45) is 5.84 Å². The predicted molar refractivity (Wildman–Crippen MR) is 85.1 cm³/mol. The summed E-state index contributed by atoms with van der Waals surface area (Å²) in [5, 5.41) is 13.3. The molecule has 0 fully saturated rings. The van der Waals surface area contributed by atoms with Gasteiger partial charge in [0.15, 0.2) is 5.65 Å². The van der Waals surface area contributed by atoms with Crippen molar-refractivity contribution >= 4 is 34.1 Å². The van der Waals surface area contributed by atoms with Gasteiger partial charge in [0.25, 0.3) is 0 Å². The second kappa shape index (κ2) is 6.06. The Kier molecular flexibility index (Phi) is 3.98. The van der Waals surface area contributed by atoms with Gasteiger partial charge in [-0.05, 0) is 17.9 Å². The second-order valence-electron chi connectivity index (χ2n) is 4.67. The van der Waals surface area contributed by atoms with E-state index in [1.165, 1.54) is 4.88 Å². The Bertz CT molecular complexity index is 706. The molecule has 5 N–H and O–H groups in total. The molecule has 0 aliphatic carbocycles. The largest absolute Gasteiger partial charge is 0.362 e. The van der Waals surface area contributed by atoms with Crippen LogP contribution in [0.5, 0.6) is 0 Å². The zero-order valence-electron chi connectivity index (χ0n) is 11.6. The average molecular weight is 303 g/mol. The van der Waals surface area contributed by atoms with Crippen LogP contribution in [0, 0.1) is 0 Å². The van der Waals surface area contributed by atoms with E-state index < -0.39 is 0 Å². The molecule has 7 nitrogen and oxygen atoms in total. The van der Waals surface area contributed by atoms with E-state index in [9.17, 15) is 0 Å². The molecule has 8 heteroatoms. The number of nitrogens with two attached hydrogens (primary N) is 1. The summed E-state index contributed by atoms with van der Waals surface area (Å²) in [7, 11) is 0. The summed E-state index contributed by atoms with van der Waals surface area (Å²) in [4.78, 5) is 9.92. The number of thiophene rings is 1. The molecule has 21 heavy (non-hydrogen) atoms. The molecule has 0 bridgehead atoms. The molecule has 0 aliphatic heterocycles. The lowest BCUT2D eigenvalue weighted by molar-refractivity contribution is 0.685.